The van der Waals surface area contributed by atoms with Gasteiger partial charge in [0.1, 0.15) is 0 Å². The van der Waals surface area contributed by atoms with Crippen molar-refractivity contribution in [2.45, 2.75) is 19.1 Å². The summed E-state index contributed by atoms with van der Waals surface area (Å²) in [6, 6.07) is 4.82. The third-order valence-electron chi connectivity index (χ3n) is 4.62. The van der Waals surface area contributed by atoms with Crippen LogP contribution in [0, 0.1) is 5.82 Å². The molecule has 2 aromatic rings. The van der Waals surface area contributed by atoms with Gasteiger partial charge in [0.15, 0.2) is 5.82 Å². The fraction of sp³-hybridized carbons (Fsp3) is 0.368. The Hall–Kier alpha value is -2.19. The van der Waals surface area contributed by atoms with E-state index < -0.39 is 34.1 Å². The van der Waals surface area contributed by atoms with Gasteiger partial charge in [0, 0.05) is 45.1 Å². The summed E-state index contributed by atoms with van der Waals surface area (Å²) in [5, 5.41) is -0.715. The van der Waals surface area contributed by atoms with Crippen molar-refractivity contribution in [2.24, 2.45) is 0 Å². The second-order valence-corrected chi connectivity index (χ2v) is 7.00. The highest BCUT2D eigenvalue weighted by atomic mass is 35.5. The molecule has 0 saturated carbocycles. The number of carbonyl (C=O) groups excluding carboxylic acids is 1. The third kappa shape index (κ3) is 4.80. The van der Waals surface area contributed by atoms with Crippen molar-refractivity contribution in [1.29, 1.82) is 0 Å². The average molecular weight is 416 g/mol. The molecule has 0 atom stereocenters. The molecule has 1 aromatic carbocycles. The van der Waals surface area contributed by atoms with E-state index in [-0.39, 0.29) is 6.54 Å². The average Bonchev–Trinajstić information content (AvgIpc) is 2.89. The maximum Gasteiger partial charge on any atom is 0.416 e. The lowest BCUT2D eigenvalue weighted by Crippen LogP contribution is -2.35. The minimum atomic E-state index is -4.72. The van der Waals surface area contributed by atoms with E-state index >= 15 is 0 Å². The van der Waals surface area contributed by atoms with E-state index in [1.54, 1.807) is 12.4 Å². The monoisotopic (exact) mass is 415 g/mol. The molecular weight excluding hydrogens is 398 g/mol. The van der Waals surface area contributed by atoms with E-state index in [2.05, 4.69) is 9.88 Å². The molecule has 3 rings (SSSR count). The zero-order valence-electron chi connectivity index (χ0n) is 14.8. The van der Waals surface area contributed by atoms with E-state index in [1.807, 2.05) is 12.1 Å². The molecular formula is C19H18ClF4N3O. The minimum absolute atomic E-state index is 0.289. The van der Waals surface area contributed by atoms with E-state index in [0.29, 0.717) is 38.2 Å². The predicted octanol–water partition coefficient (Wildman–Crippen LogP) is 4.24. The molecule has 1 saturated heterocycles. The Balaban J connectivity index is 1.74. The zero-order valence-corrected chi connectivity index (χ0v) is 15.6. The molecule has 1 aliphatic rings. The summed E-state index contributed by atoms with van der Waals surface area (Å²) in [6.07, 6.45) is -0.691. The Bertz CT molecular complexity index is 845. The normalized spacial score (nSPS) is 16.1. The molecule has 2 heterocycles. The highest BCUT2D eigenvalue weighted by Gasteiger charge is 2.34. The Kier molecular flexibility index (Phi) is 6.20. The summed E-state index contributed by atoms with van der Waals surface area (Å²) in [7, 11) is 0. The third-order valence-corrected chi connectivity index (χ3v) is 4.89. The van der Waals surface area contributed by atoms with Crippen LogP contribution in [-0.4, -0.2) is 46.9 Å². The Morgan fingerprint density at radius 2 is 1.82 bits per heavy atom. The molecule has 1 aromatic heterocycles. The lowest BCUT2D eigenvalue weighted by Gasteiger charge is -2.23. The second-order valence-electron chi connectivity index (χ2n) is 6.59. The van der Waals surface area contributed by atoms with E-state index in [1.165, 1.54) is 4.90 Å². The second kappa shape index (κ2) is 8.45. The molecule has 0 unspecified atom stereocenters. The van der Waals surface area contributed by atoms with Crippen molar-refractivity contribution in [3.8, 4) is 0 Å². The van der Waals surface area contributed by atoms with Gasteiger partial charge in [-0.3, -0.25) is 14.7 Å². The largest absolute Gasteiger partial charge is 0.416 e. The van der Waals surface area contributed by atoms with Gasteiger partial charge >= 0.3 is 6.18 Å². The topological polar surface area (TPSA) is 36.4 Å². The van der Waals surface area contributed by atoms with E-state index in [9.17, 15) is 22.4 Å². The first-order chi connectivity index (χ1) is 13.3. The van der Waals surface area contributed by atoms with Crippen LogP contribution >= 0.6 is 11.6 Å². The van der Waals surface area contributed by atoms with Gasteiger partial charge in [-0.1, -0.05) is 11.6 Å². The van der Waals surface area contributed by atoms with Crippen LogP contribution in [0.3, 0.4) is 0 Å². The first-order valence-corrected chi connectivity index (χ1v) is 9.10. The van der Waals surface area contributed by atoms with Crippen molar-refractivity contribution >= 4 is 17.5 Å². The molecule has 9 heteroatoms. The number of amides is 1. The number of hydrogen-bond donors (Lipinski definition) is 0. The van der Waals surface area contributed by atoms with Crippen LogP contribution in [0.15, 0.2) is 36.7 Å². The van der Waals surface area contributed by atoms with E-state index in [0.717, 1.165) is 12.1 Å². The Morgan fingerprint density at radius 3 is 2.50 bits per heavy atom. The number of halogens is 5. The summed E-state index contributed by atoms with van der Waals surface area (Å²) in [4.78, 5) is 20.2. The highest BCUT2D eigenvalue weighted by Crippen LogP contribution is 2.34. The molecule has 1 aliphatic heterocycles. The van der Waals surface area contributed by atoms with Gasteiger partial charge in [-0.15, -0.1) is 0 Å². The Morgan fingerprint density at radius 1 is 1.11 bits per heavy atom. The first kappa shape index (κ1) is 20.5. The number of alkyl halides is 3. The number of rotatable bonds is 3. The number of benzene rings is 1. The number of nitrogens with zero attached hydrogens (tertiary/aromatic N) is 3. The number of aromatic nitrogens is 1. The number of pyridine rings is 1. The van der Waals surface area contributed by atoms with Crippen molar-refractivity contribution in [2.75, 3.05) is 26.2 Å². The Labute approximate surface area is 164 Å². The standard InChI is InChI=1S/C19H18ClF4N3O/c20-16-11-14(19(22,23)24)10-15(17(16)21)18(28)27-7-1-6-26(8-9-27)12-13-2-4-25-5-3-13/h2-5,10-11H,1,6-9,12H2. The lowest BCUT2D eigenvalue weighted by molar-refractivity contribution is -0.137. The van der Waals surface area contributed by atoms with Gasteiger partial charge in [-0.05, 0) is 36.2 Å². The van der Waals surface area contributed by atoms with Gasteiger partial charge in [-0.2, -0.15) is 13.2 Å². The summed E-state index contributed by atoms with van der Waals surface area (Å²) < 4.78 is 53.3. The highest BCUT2D eigenvalue weighted by molar-refractivity contribution is 6.31. The van der Waals surface area contributed by atoms with Gasteiger partial charge in [-0.25, -0.2) is 4.39 Å². The van der Waals surface area contributed by atoms with Crippen LogP contribution in [0.4, 0.5) is 17.6 Å². The summed E-state index contributed by atoms with van der Waals surface area (Å²) >= 11 is 5.59. The maximum absolute atomic E-state index is 14.3. The van der Waals surface area contributed by atoms with Gasteiger partial charge in [0.2, 0.25) is 0 Å². The van der Waals surface area contributed by atoms with Crippen molar-refractivity contribution in [3.63, 3.8) is 0 Å². The molecule has 0 N–H and O–H groups in total. The van der Waals surface area contributed by atoms with Gasteiger partial charge < -0.3 is 4.90 Å². The molecule has 0 spiro atoms. The molecule has 28 heavy (non-hydrogen) atoms. The summed E-state index contributed by atoms with van der Waals surface area (Å²) in [6.45, 7) is 2.55. The molecule has 0 aliphatic carbocycles. The fourth-order valence-corrected chi connectivity index (χ4v) is 3.38. The van der Waals surface area contributed by atoms with E-state index in [4.69, 9.17) is 11.6 Å². The smallest absolute Gasteiger partial charge is 0.337 e. The lowest BCUT2D eigenvalue weighted by atomic mass is 10.1. The fourth-order valence-electron chi connectivity index (χ4n) is 3.16. The summed E-state index contributed by atoms with van der Waals surface area (Å²) in [5.74, 6) is -1.91. The molecule has 1 amide bonds. The maximum atomic E-state index is 14.3. The van der Waals surface area contributed by atoms with Crippen LogP contribution in [-0.2, 0) is 12.7 Å². The van der Waals surface area contributed by atoms with Gasteiger partial charge in [0.05, 0.1) is 16.1 Å². The predicted molar refractivity (Wildman–Crippen MR) is 96.4 cm³/mol. The minimum Gasteiger partial charge on any atom is -0.337 e. The molecule has 0 radical (unpaired) electrons. The van der Waals surface area contributed by atoms with Crippen molar-refractivity contribution in [3.05, 3.63) is 64.2 Å². The molecule has 4 nitrogen and oxygen atoms in total. The quantitative estimate of drug-likeness (QED) is 0.703. The first-order valence-electron chi connectivity index (χ1n) is 8.72. The van der Waals surface area contributed by atoms with Crippen LogP contribution in [0.5, 0.6) is 0 Å². The molecule has 150 valence electrons. The van der Waals surface area contributed by atoms with Crippen LogP contribution in [0.25, 0.3) is 0 Å². The van der Waals surface area contributed by atoms with Crippen LogP contribution in [0.2, 0.25) is 5.02 Å². The van der Waals surface area contributed by atoms with Crippen LogP contribution in [0.1, 0.15) is 27.9 Å². The van der Waals surface area contributed by atoms with Crippen LogP contribution < -0.4 is 0 Å². The SMILES string of the molecule is O=C(c1cc(C(F)(F)F)cc(Cl)c1F)N1CCCN(Cc2ccncc2)CC1. The summed E-state index contributed by atoms with van der Waals surface area (Å²) in [5.41, 5.74) is -0.718. The molecule has 1 fully saturated rings. The van der Waals surface area contributed by atoms with Crippen molar-refractivity contribution in [1.82, 2.24) is 14.8 Å². The number of carbonyl (C=O) groups is 1. The zero-order chi connectivity index (χ0) is 20.3. The number of hydrogen-bond acceptors (Lipinski definition) is 3. The van der Waals surface area contributed by atoms with Gasteiger partial charge in [0.25, 0.3) is 5.91 Å². The molecule has 0 bridgehead atoms. The van der Waals surface area contributed by atoms with Crippen molar-refractivity contribution < 1.29 is 22.4 Å².